The second-order valence-electron chi connectivity index (χ2n) is 6.27. The predicted molar refractivity (Wildman–Crippen MR) is 111 cm³/mol. The zero-order valence-corrected chi connectivity index (χ0v) is 16.6. The van der Waals surface area contributed by atoms with E-state index in [4.69, 9.17) is 10.00 Å². The average Bonchev–Trinajstić information content (AvgIpc) is 3.48. The maximum atomic E-state index is 12.9. The van der Waals surface area contributed by atoms with Gasteiger partial charge in [0.15, 0.2) is 6.61 Å². The molecule has 0 aliphatic carbocycles. The smallest absolute Gasteiger partial charge is 0.281 e. The largest absolute Gasteiger partial charge is 0.484 e. The predicted octanol–water partition coefficient (Wildman–Crippen LogP) is 4.63. The van der Waals surface area contributed by atoms with E-state index in [0.29, 0.717) is 18.6 Å². The van der Waals surface area contributed by atoms with Crippen LogP contribution < -0.4 is 4.74 Å². The highest BCUT2D eigenvalue weighted by molar-refractivity contribution is 7.12. The Bertz CT molecular complexity index is 1000. The second-order valence-corrected chi connectivity index (χ2v) is 8.19. The standard InChI is InChI=1S/C21H17N3O2S2/c22-10-9-15-5-7-16(8-6-15)26-14-21(25)24-18(20-4-2-12-28-20)13-17(23-24)19-3-1-11-27-19/h1-8,11-12,18H,9,13-14H2/t18-/m0/s1. The first kappa shape index (κ1) is 18.4. The molecule has 0 bridgehead atoms. The SMILES string of the molecule is N#CCc1ccc(OCC(=O)N2N=C(c3cccs3)C[C@H]2c2cccs2)cc1. The van der Waals surface area contributed by atoms with Gasteiger partial charge in [-0.15, -0.1) is 22.7 Å². The third-order valence-corrected chi connectivity index (χ3v) is 6.30. The summed E-state index contributed by atoms with van der Waals surface area (Å²) < 4.78 is 5.67. The molecule has 0 N–H and O–H groups in total. The Kier molecular flexibility index (Phi) is 5.51. The lowest BCUT2D eigenvalue weighted by Crippen LogP contribution is -2.31. The van der Waals surface area contributed by atoms with Crippen LogP contribution in [0, 0.1) is 11.3 Å². The third kappa shape index (κ3) is 3.98. The average molecular weight is 408 g/mol. The van der Waals surface area contributed by atoms with E-state index in [1.165, 1.54) is 0 Å². The number of rotatable bonds is 6. The van der Waals surface area contributed by atoms with E-state index in [-0.39, 0.29) is 18.6 Å². The monoisotopic (exact) mass is 407 g/mol. The number of nitrogens with zero attached hydrogens (tertiary/aromatic N) is 3. The van der Waals surface area contributed by atoms with E-state index in [9.17, 15) is 4.79 Å². The van der Waals surface area contributed by atoms with Crippen molar-refractivity contribution in [1.82, 2.24) is 5.01 Å². The topological polar surface area (TPSA) is 65.7 Å². The molecule has 0 spiro atoms. The summed E-state index contributed by atoms with van der Waals surface area (Å²) in [7, 11) is 0. The first-order chi connectivity index (χ1) is 13.7. The normalized spacial score (nSPS) is 15.9. The van der Waals surface area contributed by atoms with Crippen LogP contribution in [0.25, 0.3) is 0 Å². The van der Waals surface area contributed by atoms with E-state index < -0.39 is 0 Å². The molecule has 28 heavy (non-hydrogen) atoms. The summed E-state index contributed by atoms with van der Waals surface area (Å²) in [6, 6.07) is 17.3. The molecule has 0 fully saturated rings. The van der Waals surface area contributed by atoms with Crippen molar-refractivity contribution in [2.75, 3.05) is 6.61 Å². The quantitative estimate of drug-likeness (QED) is 0.598. The van der Waals surface area contributed by atoms with E-state index in [1.54, 1.807) is 39.8 Å². The van der Waals surface area contributed by atoms with Crippen LogP contribution >= 0.6 is 22.7 Å². The summed E-state index contributed by atoms with van der Waals surface area (Å²) in [5, 5.41) is 18.9. The van der Waals surface area contributed by atoms with Crippen molar-refractivity contribution in [3.8, 4) is 11.8 Å². The number of thiophene rings is 2. The molecule has 0 saturated heterocycles. The van der Waals surface area contributed by atoms with Crippen LogP contribution in [0.1, 0.15) is 27.8 Å². The highest BCUT2D eigenvalue weighted by Gasteiger charge is 2.34. The van der Waals surface area contributed by atoms with Crippen LogP contribution in [0.15, 0.2) is 64.4 Å². The highest BCUT2D eigenvalue weighted by atomic mass is 32.1. The molecule has 3 aromatic rings. The van der Waals surface area contributed by atoms with Crippen molar-refractivity contribution in [1.29, 1.82) is 5.26 Å². The van der Waals surface area contributed by atoms with Crippen molar-refractivity contribution >= 4 is 34.3 Å². The molecule has 7 heteroatoms. The fourth-order valence-corrected chi connectivity index (χ4v) is 4.57. The summed E-state index contributed by atoms with van der Waals surface area (Å²) in [6.07, 6.45) is 1.06. The molecular weight excluding hydrogens is 390 g/mol. The van der Waals surface area contributed by atoms with E-state index in [0.717, 1.165) is 21.0 Å². The van der Waals surface area contributed by atoms with Crippen molar-refractivity contribution in [3.63, 3.8) is 0 Å². The van der Waals surface area contributed by atoms with Crippen LogP contribution in [0.2, 0.25) is 0 Å². The maximum absolute atomic E-state index is 12.9. The number of hydrogen-bond acceptors (Lipinski definition) is 6. The lowest BCUT2D eigenvalue weighted by atomic mass is 10.1. The minimum Gasteiger partial charge on any atom is -0.484 e. The van der Waals surface area contributed by atoms with Crippen molar-refractivity contribution < 1.29 is 9.53 Å². The number of nitriles is 1. The van der Waals surface area contributed by atoms with Gasteiger partial charge in [-0.25, -0.2) is 5.01 Å². The molecule has 1 aromatic carbocycles. The summed E-state index contributed by atoms with van der Waals surface area (Å²) >= 11 is 3.26. The van der Waals surface area contributed by atoms with Gasteiger partial charge in [-0.1, -0.05) is 24.3 Å². The summed E-state index contributed by atoms with van der Waals surface area (Å²) in [5.74, 6) is 0.426. The van der Waals surface area contributed by atoms with Gasteiger partial charge in [0.25, 0.3) is 5.91 Å². The van der Waals surface area contributed by atoms with Gasteiger partial charge >= 0.3 is 0 Å². The molecule has 0 radical (unpaired) electrons. The molecule has 0 unspecified atom stereocenters. The molecule has 1 aliphatic rings. The lowest BCUT2D eigenvalue weighted by molar-refractivity contribution is -0.135. The number of carbonyl (C=O) groups excluding carboxylic acids is 1. The number of amides is 1. The molecule has 140 valence electrons. The molecular formula is C21H17N3O2S2. The molecule has 1 amide bonds. The Morgan fingerprint density at radius 1 is 1.18 bits per heavy atom. The number of ether oxygens (including phenoxy) is 1. The van der Waals surface area contributed by atoms with Crippen LogP contribution in [-0.4, -0.2) is 23.2 Å². The second kappa shape index (κ2) is 8.38. The molecule has 4 rings (SSSR count). The van der Waals surface area contributed by atoms with Crippen LogP contribution in [0.5, 0.6) is 5.75 Å². The third-order valence-electron chi connectivity index (χ3n) is 4.41. The number of benzene rings is 1. The highest BCUT2D eigenvalue weighted by Crippen LogP contribution is 2.35. The Balaban J connectivity index is 1.48. The summed E-state index contributed by atoms with van der Waals surface area (Å²) in [6.45, 7) is -0.0826. The van der Waals surface area contributed by atoms with Crippen molar-refractivity contribution in [2.24, 2.45) is 5.10 Å². The van der Waals surface area contributed by atoms with Gasteiger partial charge in [0, 0.05) is 11.3 Å². The number of hydrazone groups is 1. The Hall–Kier alpha value is -2.95. The minimum atomic E-state index is -0.175. The van der Waals surface area contributed by atoms with Gasteiger partial charge in [0.05, 0.1) is 29.1 Å². The summed E-state index contributed by atoms with van der Waals surface area (Å²) in [4.78, 5) is 15.1. The zero-order chi connectivity index (χ0) is 19.3. The maximum Gasteiger partial charge on any atom is 0.281 e. The first-order valence-electron chi connectivity index (χ1n) is 8.80. The van der Waals surface area contributed by atoms with Gasteiger partial charge in [0.2, 0.25) is 0 Å². The summed E-state index contributed by atoms with van der Waals surface area (Å²) in [5.41, 5.74) is 1.85. The van der Waals surface area contributed by atoms with Gasteiger partial charge < -0.3 is 4.74 Å². The molecule has 2 aromatic heterocycles. The molecule has 1 aliphatic heterocycles. The fraction of sp³-hybridized carbons (Fsp3) is 0.190. The Morgan fingerprint density at radius 2 is 1.96 bits per heavy atom. The molecule has 5 nitrogen and oxygen atoms in total. The van der Waals surface area contributed by atoms with Crippen LogP contribution in [-0.2, 0) is 11.2 Å². The van der Waals surface area contributed by atoms with Crippen LogP contribution in [0.4, 0.5) is 0 Å². The molecule has 1 atom stereocenters. The zero-order valence-electron chi connectivity index (χ0n) is 14.9. The fourth-order valence-electron chi connectivity index (χ4n) is 3.04. The van der Waals surface area contributed by atoms with Crippen molar-refractivity contribution in [3.05, 3.63) is 74.6 Å². The van der Waals surface area contributed by atoms with E-state index >= 15 is 0 Å². The Labute approximate surface area is 171 Å². The van der Waals surface area contributed by atoms with Gasteiger partial charge in [0.1, 0.15) is 5.75 Å². The Morgan fingerprint density at radius 3 is 2.64 bits per heavy atom. The number of hydrogen-bond donors (Lipinski definition) is 0. The van der Waals surface area contributed by atoms with Crippen LogP contribution in [0.3, 0.4) is 0 Å². The van der Waals surface area contributed by atoms with Gasteiger partial charge in [-0.3, -0.25) is 4.79 Å². The minimum absolute atomic E-state index is 0.0826. The van der Waals surface area contributed by atoms with Crippen molar-refractivity contribution in [2.45, 2.75) is 18.9 Å². The van der Waals surface area contributed by atoms with Gasteiger partial charge in [-0.05, 0) is 40.6 Å². The number of carbonyl (C=O) groups is 1. The first-order valence-corrected chi connectivity index (χ1v) is 10.6. The van der Waals surface area contributed by atoms with Gasteiger partial charge in [-0.2, -0.15) is 10.4 Å². The molecule has 3 heterocycles. The van der Waals surface area contributed by atoms with E-state index in [1.807, 2.05) is 47.2 Å². The molecule has 0 saturated carbocycles. The lowest BCUT2D eigenvalue weighted by Gasteiger charge is -2.20. The van der Waals surface area contributed by atoms with E-state index in [2.05, 4.69) is 11.2 Å².